The molecule has 1 aromatic carbocycles. The number of aromatic nitrogens is 2. The van der Waals surface area contributed by atoms with E-state index < -0.39 is 0 Å². The molecule has 5 heteroatoms. The quantitative estimate of drug-likeness (QED) is 0.560. The molecule has 3 rings (SSSR count). The average Bonchev–Trinajstić information content (AvgIpc) is 3.17. The van der Waals surface area contributed by atoms with Crippen molar-refractivity contribution >= 4 is 11.6 Å². The maximum Gasteiger partial charge on any atom is 0.168 e. The number of methoxy groups -OCH3 is 1. The third-order valence-electron chi connectivity index (χ3n) is 6.73. The van der Waals surface area contributed by atoms with E-state index in [1.807, 2.05) is 10.7 Å². The molecule has 1 aromatic heterocycles. The minimum atomic E-state index is -0.164. The van der Waals surface area contributed by atoms with Gasteiger partial charge in [-0.1, -0.05) is 44.2 Å². The Morgan fingerprint density at radius 2 is 1.97 bits per heavy atom. The first kappa shape index (κ1) is 21.6. The van der Waals surface area contributed by atoms with Crippen molar-refractivity contribution in [3.05, 3.63) is 47.7 Å². The van der Waals surface area contributed by atoms with E-state index in [9.17, 15) is 4.79 Å². The van der Waals surface area contributed by atoms with Crippen LogP contribution in [-0.4, -0.2) is 29.3 Å². The highest BCUT2D eigenvalue weighted by molar-refractivity contribution is 6.01. The van der Waals surface area contributed by atoms with Crippen LogP contribution in [0.2, 0.25) is 0 Å². The molecule has 0 fully saturated rings. The molecule has 2 aromatic rings. The van der Waals surface area contributed by atoms with Crippen molar-refractivity contribution in [2.24, 2.45) is 5.41 Å². The summed E-state index contributed by atoms with van der Waals surface area (Å²) in [5.41, 5.74) is 1.76. The van der Waals surface area contributed by atoms with Gasteiger partial charge in [-0.25, -0.2) is 4.68 Å². The third kappa shape index (κ3) is 4.40. The number of fused-ring (bicyclic) bond motifs is 1. The Morgan fingerprint density at radius 1 is 1.28 bits per heavy atom. The molecule has 0 bridgehead atoms. The molecule has 0 radical (unpaired) electrons. The van der Waals surface area contributed by atoms with E-state index in [1.165, 1.54) is 5.56 Å². The van der Waals surface area contributed by atoms with E-state index in [0.29, 0.717) is 18.6 Å². The predicted octanol–water partition coefficient (Wildman–Crippen LogP) is 5.59. The number of nitrogens with zero attached hydrogens (tertiary/aromatic N) is 2. The molecular weight excluding hydrogens is 362 g/mol. The Kier molecular flexibility index (Phi) is 6.47. The number of ether oxygens (including phenoxy) is 1. The van der Waals surface area contributed by atoms with Gasteiger partial charge >= 0.3 is 0 Å². The second-order valence-corrected chi connectivity index (χ2v) is 8.99. The van der Waals surface area contributed by atoms with Gasteiger partial charge in [0.1, 0.15) is 5.82 Å². The van der Waals surface area contributed by atoms with Crippen LogP contribution in [0, 0.1) is 5.41 Å². The first-order valence-electron chi connectivity index (χ1n) is 10.8. The molecule has 0 amide bonds. The summed E-state index contributed by atoms with van der Waals surface area (Å²) in [6.07, 6.45) is 6.03. The number of rotatable bonds is 9. The molecule has 1 unspecified atom stereocenters. The molecule has 1 aliphatic rings. The summed E-state index contributed by atoms with van der Waals surface area (Å²) < 4.78 is 7.31. The molecule has 1 N–H and O–H groups in total. The summed E-state index contributed by atoms with van der Waals surface area (Å²) in [6.45, 7) is 9.41. The number of carbonyl (C=O) groups is 1. The Hall–Kier alpha value is -2.14. The number of hydrogen-bond donors (Lipinski definition) is 1. The monoisotopic (exact) mass is 397 g/mol. The lowest BCUT2D eigenvalue weighted by Crippen LogP contribution is -2.38. The van der Waals surface area contributed by atoms with Crippen LogP contribution in [0.25, 0.3) is 0 Å². The first-order valence-corrected chi connectivity index (χ1v) is 10.8. The summed E-state index contributed by atoms with van der Waals surface area (Å²) in [4.78, 5) is 13.4. The largest absolute Gasteiger partial charge is 0.385 e. The van der Waals surface area contributed by atoms with Crippen LogP contribution in [0.5, 0.6) is 0 Å². The Labute approximate surface area is 174 Å². The fourth-order valence-electron chi connectivity index (χ4n) is 4.54. The highest BCUT2D eigenvalue weighted by atomic mass is 16.5. The number of hydrogen-bond acceptors (Lipinski definition) is 4. The van der Waals surface area contributed by atoms with Crippen molar-refractivity contribution in [2.75, 3.05) is 19.0 Å². The Bertz CT molecular complexity index is 822. The van der Waals surface area contributed by atoms with Crippen LogP contribution in [0.3, 0.4) is 0 Å². The van der Waals surface area contributed by atoms with Gasteiger partial charge in [0, 0.05) is 20.1 Å². The van der Waals surface area contributed by atoms with Crippen molar-refractivity contribution in [1.29, 1.82) is 0 Å². The van der Waals surface area contributed by atoms with Crippen molar-refractivity contribution in [1.82, 2.24) is 9.78 Å². The van der Waals surface area contributed by atoms with E-state index >= 15 is 0 Å². The van der Waals surface area contributed by atoms with Gasteiger partial charge in [0.05, 0.1) is 23.3 Å². The number of Topliss-reactive ketones (excluding diaryl/α,β-unsaturated/α-hetero) is 1. The van der Waals surface area contributed by atoms with Gasteiger partial charge in [-0.15, -0.1) is 0 Å². The number of anilines is 1. The van der Waals surface area contributed by atoms with Gasteiger partial charge in [0.15, 0.2) is 5.78 Å². The minimum absolute atomic E-state index is 0.0229. The number of nitrogens with one attached hydrogen (secondary N) is 1. The highest BCUT2D eigenvalue weighted by Gasteiger charge is 2.38. The smallest absolute Gasteiger partial charge is 0.168 e. The Morgan fingerprint density at radius 3 is 2.59 bits per heavy atom. The molecule has 5 nitrogen and oxygen atoms in total. The van der Waals surface area contributed by atoms with Crippen molar-refractivity contribution in [3.63, 3.8) is 0 Å². The zero-order valence-corrected chi connectivity index (χ0v) is 18.5. The van der Waals surface area contributed by atoms with Gasteiger partial charge in [-0.2, -0.15) is 5.10 Å². The normalized spacial score (nSPS) is 18.2. The third-order valence-corrected chi connectivity index (χ3v) is 6.73. The summed E-state index contributed by atoms with van der Waals surface area (Å²) >= 11 is 0. The zero-order chi connectivity index (χ0) is 21.1. The second kappa shape index (κ2) is 8.70. The summed E-state index contributed by atoms with van der Waals surface area (Å²) in [7, 11) is 1.72. The van der Waals surface area contributed by atoms with Crippen LogP contribution in [0.15, 0.2) is 36.5 Å². The molecule has 0 aliphatic carbocycles. The topological polar surface area (TPSA) is 56.1 Å². The molecule has 0 spiro atoms. The van der Waals surface area contributed by atoms with Crippen LogP contribution in [0.4, 0.5) is 5.82 Å². The highest BCUT2D eigenvalue weighted by Crippen LogP contribution is 2.42. The molecule has 1 aliphatic heterocycles. The first-order chi connectivity index (χ1) is 13.9. The summed E-state index contributed by atoms with van der Waals surface area (Å²) in [5, 5.41) is 8.23. The zero-order valence-electron chi connectivity index (χ0n) is 18.5. The van der Waals surface area contributed by atoms with Crippen LogP contribution in [0.1, 0.15) is 81.8 Å². The Balaban J connectivity index is 1.90. The molecule has 0 saturated carbocycles. The fourth-order valence-corrected chi connectivity index (χ4v) is 4.54. The molecule has 0 saturated heterocycles. The number of benzene rings is 1. The van der Waals surface area contributed by atoms with Crippen LogP contribution in [-0.2, 0) is 10.3 Å². The van der Waals surface area contributed by atoms with Gasteiger partial charge in [0.25, 0.3) is 0 Å². The SMILES string of the molecule is CCC(CC)(CCOC)CC(=O)c1cnn2c1NC(c1ccccc1)CC2(C)C. The van der Waals surface area contributed by atoms with E-state index in [-0.39, 0.29) is 22.8 Å². The standard InChI is InChI=1S/C24H35N3O2/c1-6-24(7-2,13-14-29-5)16-21(28)19-17-25-27-22(19)26-20(15-23(27,3)4)18-11-9-8-10-12-18/h8-12,17,20,26H,6-7,13-16H2,1-5H3. The molecule has 2 heterocycles. The molecule has 29 heavy (non-hydrogen) atoms. The summed E-state index contributed by atoms with van der Waals surface area (Å²) in [5.74, 6) is 1.02. The van der Waals surface area contributed by atoms with Gasteiger partial charge in [0.2, 0.25) is 0 Å². The van der Waals surface area contributed by atoms with Crippen molar-refractivity contribution < 1.29 is 9.53 Å². The lowest BCUT2D eigenvalue weighted by molar-refractivity contribution is 0.0819. The van der Waals surface area contributed by atoms with Crippen molar-refractivity contribution in [2.45, 2.75) is 71.4 Å². The number of ketones is 1. The molecule has 158 valence electrons. The maximum atomic E-state index is 13.4. The van der Waals surface area contributed by atoms with E-state index in [2.05, 4.69) is 62.4 Å². The van der Waals surface area contributed by atoms with E-state index in [4.69, 9.17) is 4.74 Å². The van der Waals surface area contributed by atoms with Crippen LogP contribution < -0.4 is 5.32 Å². The second-order valence-electron chi connectivity index (χ2n) is 8.99. The molecule has 1 atom stereocenters. The lowest BCUT2D eigenvalue weighted by atomic mass is 9.74. The number of carbonyl (C=O) groups excluding carboxylic acids is 1. The predicted molar refractivity (Wildman–Crippen MR) is 117 cm³/mol. The maximum absolute atomic E-state index is 13.4. The van der Waals surface area contributed by atoms with Gasteiger partial charge < -0.3 is 10.1 Å². The van der Waals surface area contributed by atoms with E-state index in [0.717, 1.165) is 31.5 Å². The van der Waals surface area contributed by atoms with Gasteiger partial charge in [-0.05, 0) is 50.5 Å². The van der Waals surface area contributed by atoms with Crippen molar-refractivity contribution in [3.8, 4) is 0 Å². The minimum Gasteiger partial charge on any atom is -0.385 e. The van der Waals surface area contributed by atoms with Gasteiger partial charge in [-0.3, -0.25) is 4.79 Å². The average molecular weight is 398 g/mol. The lowest BCUT2D eigenvalue weighted by Gasteiger charge is -2.38. The molecular formula is C24H35N3O2. The van der Waals surface area contributed by atoms with E-state index in [1.54, 1.807) is 13.3 Å². The summed E-state index contributed by atoms with van der Waals surface area (Å²) in [6, 6.07) is 10.6. The van der Waals surface area contributed by atoms with Crippen LogP contribution >= 0.6 is 0 Å². The fraction of sp³-hybridized carbons (Fsp3) is 0.583.